The largest absolute Gasteiger partial charge is 0.350 e. The number of nitrogens with one attached hydrogen (secondary N) is 1. The number of amides is 2. The van der Waals surface area contributed by atoms with E-state index in [0.29, 0.717) is 11.3 Å². The van der Waals surface area contributed by atoms with Gasteiger partial charge in [-0.05, 0) is 42.8 Å². The zero-order valence-electron chi connectivity index (χ0n) is 19.0. The van der Waals surface area contributed by atoms with Gasteiger partial charge in [0.25, 0.3) is 5.91 Å². The highest BCUT2D eigenvalue weighted by Crippen LogP contribution is 2.19. The first kappa shape index (κ1) is 24.0. The number of anilines is 1. The molecule has 0 saturated carbocycles. The molecule has 3 rings (SSSR count). The van der Waals surface area contributed by atoms with Crippen LogP contribution in [-0.2, 0) is 21.4 Å². The van der Waals surface area contributed by atoms with Crippen LogP contribution in [0, 0.1) is 6.92 Å². The van der Waals surface area contributed by atoms with Crippen LogP contribution in [0.2, 0.25) is 0 Å². The molecule has 0 aliphatic carbocycles. The van der Waals surface area contributed by atoms with Crippen LogP contribution in [0.3, 0.4) is 0 Å². The molecule has 33 heavy (non-hydrogen) atoms. The Bertz CT molecular complexity index is 1250. The third-order valence-electron chi connectivity index (χ3n) is 5.05. The van der Waals surface area contributed by atoms with E-state index in [1.807, 2.05) is 42.0 Å². The highest BCUT2D eigenvalue weighted by atomic mass is 32.2. The summed E-state index contributed by atoms with van der Waals surface area (Å²) >= 11 is 0. The Kier molecular flexibility index (Phi) is 7.17. The number of imidazole rings is 1. The van der Waals surface area contributed by atoms with Crippen molar-refractivity contribution < 1.29 is 18.0 Å². The van der Waals surface area contributed by atoms with Gasteiger partial charge in [-0.15, -0.1) is 0 Å². The first-order valence-corrected chi connectivity index (χ1v) is 12.1. The first-order valence-electron chi connectivity index (χ1n) is 10.2. The van der Waals surface area contributed by atoms with Crippen molar-refractivity contribution in [2.24, 2.45) is 0 Å². The standard InChI is InChI=1S/C23H27N5O4S/c1-17-24-13-14-27(17)21-8-6-5-7-19(21)15-25-22(29)16-28(33(4,31)32)20-11-9-18(10-12-20)23(30)26(2)3/h5-14H,15-16H2,1-4H3,(H,25,29). The molecule has 174 valence electrons. The third-order valence-corrected chi connectivity index (χ3v) is 6.19. The van der Waals surface area contributed by atoms with Crippen molar-refractivity contribution in [2.75, 3.05) is 31.2 Å². The monoisotopic (exact) mass is 469 g/mol. The zero-order chi connectivity index (χ0) is 24.2. The Balaban J connectivity index is 1.74. The lowest BCUT2D eigenvalue weighted by Gasteiger charge is -2.22. The van der Waals surface area contributed by atoms with Gasteiger partial charge in [0.2, 0.25) is 15.9 Å². The van der Waals surface area contributed by atoms with E-state index >= 15 is 0 Å². The Morgan fingerprint density at radius 3 is 2.30 bits per heavy atom. The number of hydrogen-bond donors (Lipinski definition) is 1. The van der Waals surface area contributed by atoms with Gasteiger partial charge in [-0.2, -0.15) is 0 Å². The van der Waals surface area contributed by atoms with Crippen LogP contribution in [0.5, 0.6) is 0 Å². The molecule has 1 heterocycles. The summed E-state index contributed by atoms with van der Waals surface area (Å²) in [4.78, 5) is 30.4. The molecule has 0 atom stereocenters. The van der Waals surface area contributed by atoms with Crippen molar-refractivity contribution in [2.45, 2.75) is 13.5 Å². The third kappa shape index (κ3) is 5.78. The van der Waals surface area contributed by atoms with Crippen molar-refractivity contribution in [3.8, 4) is 5.69 Å². The summed E-state index contributed by atoms with van der Waals surface area (Å²) in [6.45, 7) is 1.73. The molecule has 9 nitrogen and oxygen atoms in total. The smallest absolute Gasteiger partial charge is 0.253 e. The van der Waals surface area contributed by atoms with Gasteiger partial charge in [0.1, 0.15) is 12.4 Å². The van der Waals surface area contributed by atoms with Crippen LogP contribution in [0.25, 0.3) is 5.69 Å². The summed E-state index contributed by atoms with van der Waals surface area (Å²) in [5.41, 5.74) is 2.48. The minimum absolute atomic E-state index is 0.197. The van der Waals surface area contributed by atoms with E-state index in [9.17, 15) is 18.0 Å². The molecular formula is C23H27N5O4S. The fraction of sp³-hybridized carbons (Fsp3) is 0.261. The molecule has 1 aromatic heterocycles. The number of sulfonamides is 1. The normalized spacial score (nSPS) is 11.2. The molecule has 0 aliphatic rings. The number of rotatable bonds is 8. The average molecular weight is 470 g/mol. The van der Waals surface area contributed by atoms with E-state index in [1.54, 1.807) is 20.3 Å². The molecule has 0 unspecified atom stereocenters. The molecule has 10 heteroatoms. The maximum atomic E-state index is 12.7. The number of aryl methyl sites for hydroxylation is 1. The van der Waals surface area contributed by atoms with E-state index in [1.165, 1.54) is 29.2 Å². The Morgan fingerprint density at radius 2 is 1.73 bits per heavy atom. The van der Waals surface area contributed by atoms with E-state index in [0.717, 1.165) is 27.6 Å². The number of carbonyl (C=O) groups is 2. The summed E-state index contributed by atoms with van der Waals surface area (Å²) in [5.74, 6) is 0.163. The van der Waals surface area contributed by atoms with Gasteiger partial charge in [-0.3, -0.25) is 13.9 Å². The van der Waals surface area contributed by atoms with Gasteiger partial charge in [-0.1, -0.05) is 18.2 Å². The second-order valence-electron chi connectivity index (χ2n) is 7.77. The summed E-state index contributed by atoms with van der Waals surface area (Å²) < 4.78 is 27.7. The minimum Gasteiger partial charge on any atom is -0.350 e. The fourth-order valence-corrected chi connectivity index (χ4v) is 4.19. The SMILES string of the molecule is Cc1nccn1-c1ccccc1CNC(=O)CN(c1ccc(C(=O)N(C)C)cc1)S(C)(=O)=O. The van der Waals surface area contributed by atoms with Gasteiger partial charge in [0.05, 0.1) is 17.6 Å². The van der Waals surface area contributed by atoms with Crippen LogP contribution < -0.4 is 9.62 Å². The predicted molar refractivity (Wildman–Crippen MR) is 127 cm³/mol. The maximum absolute atomic E-state index is 12.7. The van der Waals surface area contributed by atoms with E-state index in [4.69, 9.17) is 0 Å². The number of para-hydroxylation sites is 1. The lowest BCUT2D eigenvalue weighted by molar-refractivity contribution is -0.119. The molecule has 0 saturated heterocycles. The minimum atomic E-state index is -3.73. The Morgan fingerprint density at radius 1 is 1.06 bits per heavy atom. The molecule has 0 aliphatic heterocycles. The molecule has 0 fully saturated rings. The Hall–Kier alpha value is -3.66. The molecule has 2 aromatic carbocycles. The molecule has 2 amide bonds. The maximum Gasteiger partial charge on any atom is 0.253 e. The first-order chi connectivity index (χ1) is 15.6. The van der Waals surface area contributed by atoms with Gasteiger partial charge < -0.3 is 14.8 Å². The highest BCUT2D eigenvalue weighted by Gasteiger charge is 2.21. The van der Waals surface area contributed by atoms with Gasteiger partial charge in [-0.25, -0.2) is 13.4 Å². The van der Waals surface area contributed by atoms with Crippen LogP contribution in [-0.4, -0.2) is 61.6 Å². The molecule has 3 aromatic rings. The average Bonchev–Trinajstić information content (AvgIpc) is 3.20. The highest BCUT2D eigenvalue weighted by molar-refractivity contribution is 7.92. The molecule has 0 radical (unpaired) electrons. The van der Waals surface area contributed by atoms with Crippen molar-refractivity contribution in [1.82, 2.24) is 19.8 Å². The van der Waals surface area contributed by atoms with E-state index in [2.05, 4.69) is 10.3 Å². The van der Waals surface area contributed by atoms with Gasteiger partial charge in [0, 0.05) is 38.6 Å². The van der Waals surface area contributed by atoms with Gasteiger partial charge in [0.15, 0.2) is 0 Å². The summed E-state index contributed by atoms with van der Waals surface area (Å²) in [5, 5.41) is 2.80. The number of nitrogens with zero attached hydrogens (tertiary/aromatic N) is 4. The van der Waals surface area contributed by atoms with E-state index in [-0.39, 0.29) is 19.0 Å². The second kappa shape index (κ2) is 9.86. The number of benzene rings is 2. The van der Waals surface area contributed by atoms with Crippen LogP contribution in [0.15, 0.2) is 60.9 Å². The van der Waals surface area contributed by atoms with Crippen LogP contribution in [0.1, 0.15) is 21.7 Å². The fourth-order valence-electron chi connectivity index (χ4n) is 3.34. The van der Waals surface area contributed by atoms with Crippen LogP contribution >= 0.6 is 0 Å². The molecule has 1 N–H and O–H groups in total. The van der Waals surface area contributed by atoms with Crippen molar-refractivity contribution in [3.63, 3.8) is 0 Å². The number of carbonyl (C=O) groups excluding carboxylic acids is 2. The van der Waals surface area contributed by atoms with Gasteiger partial charge >= 0.3 is 0 Å². The number of aromatic nitrogens is 2. The van der Waals surface area contributed by atoms with Crippen LogP contribution in [0.4, 0.5) is 5.69 Å². The van der Waals surface area contributed by atoms with Crippen molar-refractivity contribution in [3.05, 3.63) is 77.9 Å². The zero-order valence-corrected chi connectivity index (χ0v) is 19.8. The Labute approximate surface area is 193 Å². The second-order valence-corrected chi connectivity index (χ2v) is 9.67. The predicted octanol–water partition coefficient (Wildman–Crippen LogP) is 1.96. The van der Waals surface area contributed by atoms with Crippen molar-refractivity contribution in [1.29, 1.82) is 0 Å². The lowest BCUT2D eigenvalue weighted by atomic mass is 10.1. The summed E-state index contributed by atoms with van der Waals surface area (Å²) in [6.07, 6.45) is 4.58. The van der Waals surface area contributed by atoms with Crippen molar-refractivity contribution >= 4 is 27.5 Å². The molecule has 0 bridgehead atoms. The summed E-state index contributed by atoms with van der Waals surface area (Å²) in [6, 6.07) is 13.7. The lowest BCUT2D eigenvalue weighted by Crippen LogP contribution is -2.40. The quantitative estimate of drug-likeness (QED) is 0.543. The number of hydrogen-bond acceptors (Lipinski definition) is 5. The van der Waals surface area contributed by atoms with E-state index < -0.39 is 15.9 Å². The molecular weight excluding hydrogens is 442 g/mol. The molecule has 0 spiro atoms. The topological polar surface area (TPSA) is 105 Å². The summed E-state index contributed by atoms with van der Waals surface area (Å²) in [7, 11) is -0.461.